The molecule has 2 fully saturated rings. The summed E-state index contributed by atoms with van der Waals surface area (Å²) >= 11 is 38.7. The van der Waals surface area contributed by atoms with Crippen molar-refractivity contribution in [2.75, 3.05) is 4.90 Å². The molecule has 3 nitrogen and oxygen atoms in total. The molecule has 1 aliphatic heterocycles. The second-order valence-electron chi connectivity index (χ2n) is 6.38. The SMILES string of the molecule is Cc1ccccc1N1C(=O)[C@H]2[C@H](C1=O)[C@@]1(Cl)C(Cl)=C(Cl)[C@@]2(Cl)C1(Cl)Cl. The molecular formula is C16H9Cl6NO2. The second-order valence-corrected chi connectivity index (χ2v) is 9.66. The van der Waals surface area contributed by atoms with Crippen LogP contribution in [0.15, 0.2) is 34.3 Å². The molecule has 2 aliphatic carbocycles. The van der Waals surface area contributed by atoms with Gasteiger partial charge in [0.1, 0.15) is 9.75 Å². The molecule has 0 aromatic heterocycles. The summed E-state index contributed by atoms with van der Waals surface area (Å²) in [7, 11) is 0. The number of fused-ring (bicyclic) bond motifs is 5. The molecular weight excluding hydrogens is 451 g/mol. The van der Waals surface area contributed by atoms with Crippen molar-refractivity contribution >= 4 is 87.1 Å². The number of anilines is 1. The van der Waals surface area contributed by atoms with Gasteiger partial charge in [-0.15, -0.1) is 23.2 Å². The predicted octanol–water partition coefficient (Wildman–Crippen LogP) is 4.95. The van der Waals surface area contributed by atoms with Crippen LogP contribution in [0.2, 0.25) is 0 Å². The Morgan fingerprint density at radius 3 is 1.76 bits per heavy atom. The van der Waals surface area contributed by atoms with Gasteiger partial charge in [0, 0.05) is 0 Å². The van der Waals surface area contributed by atoms with E-state index in [0.29, 0.717) is 5.69 Å². The Hall–Kier alpha value is -0.160. The van der Waals surface area contributed by atoms with Gasteiger partial charge >= 0.3 is 0 Å². The van der Waals surface area contributed by atoms with Crippen LogP contribution >= 0.6 is 69.6 Å². The van der Waals surface area contributed by atoms with E-state index in [9.17, 15) is 9.59 Å². The van der Waals surface area contributed by atoms with E-state index < -0.39 is 37.7 Å². The minimum Gasteiger partial charge on any atom is -0.274 e. The predicted molar refractivity (Wildman–Crippen MR) is 101 cm³/mol. The number of hydrogen-bond acceptors (Lipinski definition) is 2. The molecule has 0 unspecified atom stereocenters. The fourth-order valence-electron chi connectivity index (χ4n) is 4.05. The van der Waals surface area contributed by atoms with Crippen molar-refractivity contribution < 1.29 is 9.59 Å². The van der Waals surface area contributed by atoms with E-state index in [1.165, 1.54) is 0 Å². The topological polar surface area (TPSA) is 37.4 Å². The maximum absolute atomic E-state index is 13.1. The molecule has 1 aromatic rings. The molecule has 1 saturated carbocycles. The molecule has 1 aromatic carbocycles. The number of amides is 2. The first kappa shape index (κ1) is 18.2. The Labute approximate surface area is 173 Å². The molecule has 0 radical (unpaired) electrons. The van der Waals surface area contributed by atoms with Gasteiger partial charge in [-0.05, 0) is 18.6 Å². The third-order valence-electron chi connectivity index (χ3n) is 5.27. The van der Waals surface area contributed by atoms with Crippen LogP contribution in [0.25, 0.3) is 0 Å². The third-order valence-corrected chi connectivity index (χ3v) is 9.52. The number of carbonyl (C=O) groups excluding carboxylic acids is 2. The van der Waals surface area contributed by atoms with Gasteiger partial charge in [-0.1, -0.05) is 64.6 Å². The van der Waals surface area contributed by atoms with E-state index in [1.54, 1.807) is 31.2 Å². The van der Waals surface area contributed by atoms with Gasteiger partial charge in [0.25, 0.3) is 0 Å². The smallest absolute Gasteiger partial charge is 0.240 e. The first-order chi connectivity index (χ1) is 11.5. The Morgan fingerprint density at radius 1 is 0.880 bits per heavy atom. The molecule has 2 bridgehead atoms. The summed E-state index contributed by atoms with van der Waals surface area (Å²) in [6.07, 6.45) is 0. The van der Waals surface area contributed by atoms with E-state index in [4.69, 9.17) is 69.6 Å². The van der Waals surface area contributed by atoms with E-state index >= 15 is 0 Å². The quantitative estimate of drug-likeness (QED) is 0.440. The highest BCUT2D eigenvalue weighted by Gasteiger charge is 2.87. The maximum atomic E-state index is 13.1. The molecule has 25 heavy (non-hydrogen) atoms. The minimum absolute atomic E-state index is 0.0927. The monoisotopic (exact) mass is 457 g/mol. The Morgan fingerprint density at radius 2 is 1.32 bits per heavy atom. The number of nitrogens with zero attached hydrogens (tertiary/aromatic N) is 1. The van der Waals surface area contributed by atoms with Gasteiger partial charge < -0.3 is 0 Å². The van der Waals surface area contributed by atoms with Crippen LogP contribution in [0.5, 0.6) is 0 Å². The number of benzene rings is 1. The lowest BCUT2D eigenvalue weighted by Crippen LogP contribution is -2.50. The zero-order chi connectivity index (χ0) is 18.5. The largest absolute Gasteiger partial charge is 0.274 e. The van der Waals surface area contributed by atoms with E-state index in [0.717, 1.165) is 10.5 Å². The lowest BCUT2D eigenvalue weighted by Gasteiger charge is -2.34. The number of imide groups is 1. The average Bonchev–Trinajstić information content (AvgIpc) is 2.93. The van der Waals surface area contributed by atoms with Crippen LogP contribution in [-0.2, 0) is 9.59 Å². The van der Waals surface area contributed by atoms with Crippen LogP contribution in [0.3, 0.4) is 0 Å². The summed E-state index contributed by atoms with van der Waals surface area (Å²) in [5, 5.41) is -0.185. The van der Waals surface area contributed by atoms with Gasteiger partial charge in [0.05, 0.1) is 27.6 Å². The highest BCUT2D eigenvalue weighted by molar-refractivity contribution is 6.67. The molecule has 1 saturated heterocycles. The van der Waals surface area contributed by atoms with Gasteiger partial charge in [-0.25, -0.2) is 4.90 Å². The lowest BCUT2D eigenvalue weighted by molar-refractivity contribution is -0.123. The fraction of sp³-hybridized carbons (Fsp3) is 0.375. The van der Waals surface area contributed by atoms with Gasteiger partial charge in [-0.3, -0.25) is 9.59 Å². The van der Waals surface area contributed by atoms with Crippen molar-refractivity contribution in [3.05, 3.63) is 39.9 Å². The summed E-state index contributed by atoms with van der Waals surface area (Å²) < 4.78 is -1.91. The molecule has 2 amide bonds. The van der Waals surface area contributed by atoms with Crippen molar-refractivity contribution in [2.24, 2.45) is 11.8 Å². The van der Waals surface area contributed by atoms with E-state index in [-0.39, 0.29) is 10.1 Å². The highest BCUT2D eigenvalue weighted by atomic mass is 35.5. The molecule has 4 atom stereocenters. The Bertz CT molecular complexity index is 837. The summed E-state index contributed by atoms with van der Waals surface area (Å²) in [4.78, 5) is 23.8. The number of carbonyl (C=O) groups is 2. The van der Waals surface area contributed by atoms with Crippen LogP contribution in [0.4, 0.5) is 5.69 Å². The number of rotatable bonds is 1. The first-order valence-electron chi connectivity index (χ1n) is 7.28. The molecule has 4 rings (SSSR count). The van der Waals surface area contributed by atoms with Crippen LogP contribution in [0, 0.1) is 18.8 Å². The van der Waals surface area contributed by atoms with Crippen LogP contribution < -0.4 is 4.90 Å². The third kappa shape index (κ3) is 1.74. The lowest BCUT2D eigenvalue weighted by atomic mass is 9.84. The van der Waals surface area contributed by atoms with Gasteiger partial charge in [-0.2, -0.15) is 0 Å². The highest BCUT2D eigenvalue weighted by Crippen LogP contribution is 2.77. The number of hydrogen-bond donors (Lipinski definition) is 0. The van der Waals surface area contributed by atoms with Gasteiger partial charge in [0.2, 0.25) is 11.8 Å². The molecule has 0 spiro atoms. The number of halogens is 6. The van der Waals surface area contributed by atoms with E-state index in [1.807, 2.05) is 0 Å². The summed E-state index contributed by atoms with van der Waals surface area (Å²) in [5.74, 6) is -3.31. The fourth-order valence-corrected chi connectivity index (χ4v) is 6.98. The number of para-hydroxylation sites is 1. The van der Waals surface area contributed by atoms with Crippen molar-refractivity contribution in [2.45, 2.75) is 21.0 Å². The Balaban J connectivity index is 1.94. The maximum Gasteiger partial charge on any atom is 0.240 e. The average molecular weight is 460 g/mol. The zero-order valence-corrected chi connectivity index (χ0v) is 17.0. The second kappa shape index (κ2) is 5.21. The van der Waals surface area contributed by atoms with Crippen molar-refractivity contribution in [1.82, 2.24) is 0 Å². The summed E-state index contributed by atoms with van der Waals surface area (Å²) in [6, 6.07) is 6.99. The van der Waals surface area contributed by atoms with Gasteiger partial charge in [0.15, 0.2) is 4.33 Å². The molecule has 9 heteroatoms. The first-order valence-corrected chi connectivity index (χ1v) is 9.55. The number of allylic oxidation sites excluding steroid dienone is 2. The van der Waals surface area contributed by atoms with Crippen LogP contribution in [0.1, 0.15) is 5.56 Å². The number of alkyl halides is 4. The summed E-state index contributed by atoms with van der Waals surface area (Å²) in [6.45, 7) is 1.79. The zero-order valence-electron chi connectivity index (χ0n) is 12.5. The van der Waals surface area contributed by atoms with Crippen LogP contribution in [-0.4, -0.2) is 25.9 Å². The summed E-state index contributed by atoms with van der Waals surface area (Å²) in [5.41, 5.74) is 1.20. The minimum atomic E-state index is -1.91. The Kier molecular flexibility index (Phi) is 3.80. The van der Waals surface area contributed by atoms with Crippen molar-refractivity contribution in [3.63, 3.8) is 0 Å². The molecule has 132 valence electrons. The number of aryl methyl sites for hydroxylation is 1. The molecule has 1 heterocycles. The standard InChI is InChI=1S/C16H9Cl6NO2/c1-6-4-2-3-5-7(6)23-12(24)8-9(13(23)25)15(20)11(18)10(17)14(8,19)16(15,21)22/h2-5,8-9H,1H3/t8-,9-,14-,15-/m1/s1. The van der Waals surface area contributed by atoms with Crippen molar-refractivity contribution in [3.8, 4) is 0 Å². The normalized spacial score (nSPS) is 38.8. The van der Waals surface area contributed by atoms with E-state index in [2.05, 4.69) is 0 Å². The molecule has 3 aliphatic rings. The molecule has 0 N–H and O–H groups in total. The van der Waals surface area contributed by atoms with Crippen molar-refractivity contribution in [1.29, 1.82) is 0 Å².